The Balaban J connectivity index is 3.00. The summed E-state index contributed by atoms with van der Waals surface area (Å²) >= 11 is 0. The van der Waals surface area contributed by atoms with Crippen LogP contribution < -0.4 is 0 Å². The quantitative estimate of drug-likeness (QED) is 0.522. The van der Waals surface area contributed by atoms with Crippen molar-refractivity contribution in [2.75, 3.05) is 7.05 Å². The average molecular weight is 156 g/mol. The lowest BCUT2D eigenvalue weighted by Gasteiger charge is -2.13. The maximum atomic E-state index is 11.1. The molecule has 11 heavy (non-hydrogen) atoms. The number of nitrogens with zero attached hydrogens (tertiary/aromatic N) is 2. The number of hydrazone groups is 1. The smallest absolute Gasteiger partial charge is 0.324 e. The molecule has 1 rings (SSSR count). The highest BCUT2D eigenvalue weighted by Gasteiger charge is 2.45. The number of carbonyl (C=O) groups is 2. The zero-order chi connectivity index (χ0) is 8.65. The fraction of sp³-hybridized carbons (Fsp3) is 0.500. The Morgan fingerprint density at radius 3 is 2.55 bits per heavy atom. The molecule has 0 fully saturated rings. The monoisotopic (exact) mass is 156 g/mol. The van der Waals surface area contributed by atoms with Crippen LogP contribution in [0.15, 0.2) is 5.10 Å². The van der Waals surface area contributed by atoms with E-state index in [1.54, 1.807) is 0 Å². The molecule has 0 bridgehead atoms. The van der Waals surface area contributed by atoms with E-state index in [1.165, 1.54) is 14.0 Å². The average Bonchev–Trinajstić information content (AvgIpc) is 2.18. The number of amides is 1. The zero-order valence-corrected chi connectivity index (χ0v) is 6.24. The van der Waals surface area contributed by atoms with Crippen molar-refractivity contribution in [1.82, 2.24) is 5.01 Å². The third kappa shape index (κ3) is 0.886. The van der Waals surface area contributed by atoms with Gasteiger partial charge in [0.25, 0.3) is 5.91 Å². The lowest BCUT2D eigenvalue weighted by atomic mass is 9.92. The van der Waals surface area contributed by atoms with Crippen LogP contribution in [0.5, 0.6) is 0 Å². The van der Waals surface area contributed by atoms with Gasteiger partial charge in [0.1, 0.15) is 0 Å². The molecule has 0 aromatic heterocycles. The fourth-order valence-electron chi connectivity index (χ4n) is 0.793. The molecule has 0 aliphatic carbocycles. The molecule has 0 spiro atoms. The number of hydrogen-bond donors (Lipinski definition) is 1. The van der Waals surface area contributed by atoms with E-state index in [0.717, 1.165) is 11.2 Å². The first-order valence-corrected chi connectivity index (χ1v) is 3.05. The van der Waals surface area contributed by atoms with Gasteiger partial charge in [0.05, 0.1) is 6.21 Å². The SMILES string of the molecule is CN1N=CC(C)(C(=O)O)C1=O. The van der Waals surface area contributed by atoms with Crippen LogP contribution in [0.4, 0.5) is 0 Å². The number of rotatable bonds is 1. The third-order valence-corrected chi connectivity index (χ3v) is 1.67. The van der Waals surface area contributed by atoms with Gasteiger partial charge in [0.15, 0.2) is 5.41 Å². The molecule has 1 atom stereocenters. The van der Waals surface area contributed by atoms with E-state index in [0.29, 0.717) is 0 Å². The minimum atomic E-state index is -1.46. The normalized spacial score (nSPS) is 29.6. The number of carboxylic acids is 1. The van der Waals surface area contributed by atoms with Gasteiger partial charge in [-0.05, 0) is 6.92 Å². The minimum Gasteiger partial charge on any atom is -0.480 e. The molecule has 5 nitrogen and oxygen atoms in total. The van der Waals surface area contributed by atoms with Crippen LogP contribution in [0.1, 0.15) is 6.92 Å². The van der Waals surface area contributed by atoms with E-state index < -0.39 is 17.3 Å². The molecule has 5 heteroatoms. The van der Waals surface area contributed by atoms with Crippen LogP contribution in [0.25, 0.3) is 0 Å². The van der Waals surface area contributed by atoms with Crippen LogP contribution in [-0.2, 0) is 9.59 Å². The molecule has 1 unspecified atom stereocenters. The molecule has 1 aliphatic heterocycles. The second kappa shape index (κ2) is 2.05. The summed E-state index contributed by atoms with van der Waals surface area (Å²) in [6, 6.07) is 0. The molecule has 1 amide bonds. The van der Waals surface area contributed by atoms with Crippen LogP contribution in [-0.4, -0.2) is 35.3 Å². The molecule has 0 saturated heterocycles. The highest BCUT2D eigenvalue weighted by atomic mass is 16.4. The van der Waals surface area contributed by atoms with Gasteiger partial charge in [-0.15, -0.1) is 0 Å². The van der Waals surface area contributed by atoms with Crippen LogP contribution >= 0.6 is 0 Å². The molecule has 60 valence electrons. The molecule has 1 aliphatic rings. The maximum Gasteiger partial charge on any atom is 0.324 e. The Bertz CT molecular complexity index is 248. The van der Waals surface area contributed by atoms with Crippen molar-refractivity contribution in [1.29, 1.82) is 0 Å². The van der Waals surface area contributed by atoms with Crippen molar-refractivity contribution in [2.45, 2.75) is 6.92 Å². The molecule has 1 N–H and O–H groups in total. The fourth-order valence-corrected chi connectivity index (χ4v) is 0.793. The Labute approximate surface area is 63.3 Å². The molecule has 0 aromatic rings. The van der Waals surface area contributed by atoms with Crippen LogP contribution in [0.2, 0.25) is 0 Å². The first kappa shape index (κ1) is 7.71. The van der Waals surface area contributed by atoms with Gasteiger partial charge < -0.3 is 5.11 Å². The predicted octanol–water partition coefficient (Wildman–Crippen LogP) is -0.465. The van der Waals surface area contributed by atoms with Gasteiger partial charge in [0.2, 0.25) is 0 Å². The lowest BCUT2D eigenvalue weighted by molar-refractivity contribution is -0.151. The summed E-state index contributed by atoms with van der Waals surface area (Å²) in [5, 5.41) is 13.2. The summed E-state index contributed by atoms with van der Waals surface area (Å²) < 4.78 is 0. The van der Waals surface area contributed by atoms with Gasteiger partial charge in [-0.1, -0.05) is 0 Å². The Hall–Kier alpha value is -1.39. The number of hydrogen-bond acceptors (Lipinski definition) is 3. The second-order valence-electron chi connectivity index (χ2n) is 2.58. The summed E-state index contributed by atoms with van der Waals surface area (Å²) in [5.41, 5.74) is -1.46. The Morgan fingerprint density at radius 2 is 2.36 bits per heavy atom. The van der Waals surface area contributed by atoms with Crippen molar-refractivity contribution in [3.05, 3.63) is 0 Å². The molecular formula is C6H8N2O3. The van der Waals surface area contributed by atoms with E-state index in [4.69, 9.17) is 5.11 Å². The zero-order valence-electron chi connectivity index (χ0n) is 6.24. The largest absolute Gasteiger partial charge is 0.480 e. The summed E-state index contributed by atoms with van der Waals surface area (Å²) in [6.07, 6.45) is 1.14. The summed E-state index contributed by atoms with van der Waals surface area (Å²) in [6.45, 7) is 1.32. The van der Waals surface area contributed by atoms with Gasteiger partial charge in [-0.25, -0.2) is 5.01 Å². The molecule has 0 saturated carbocycles. The molecule has 0 aromatic carbocycles. The Kier molecular flexibility index (Phi) is 1.44. The standard InChI is InChI=1S/C6H8N2O3/c1-6(5(10)11)3-7-8(2)4(6)9/h3H,1-2H3,(H,10,11). The van der Waals surface area contributed by atoms with Crippen LogP contribution in [0.3, 0.4) is 0 Å². The maximum absolute atomic E-state index is 11.1. The highest BCUT2D eigenvalue weighted by Crippen LogP contribution is 2.22. The lowest BCUT2D eigenvalue weighted by Crippen LogP contribution is -2.39. The summed E-state index contributed by atoms with van der Waals surface area (Å²) in [5.74, 6) is -1.68. The van der Waals surface area contributed by atoms with Gasteiger partial charge in [0, 0.05) is 7.05 Å². The first-order valence-electron chi connectivity index (χ1n) is 3.05. The van der Waals surface area contributed by atoms with E-state index in [9.17, 15) is 9.59 Å². The van der Waals surface area contributed by atoms with E-state index in [-0.39, 0.29) is 0 Å². The van der Waals surface area contributed by atoms with Crippen molar-refractivity contribution in [3.63, 3.8) is 0 Å². The number of aliphatic carboxylic acids is 1. The van der Waals surface area contributed by atoms with E-state index >= 15 is 0 Å². The summed E-state index contributed by atoms with van der Waals surface area (Å²) in [4.78, 5) is 21.6. The Morgan fingerprint density at radius 1 is 1.82 bits per heavy atom. The van der Waals surface area contributed by atoms with Gasteiger partial charge in [-0.2, -0.15) is 5.10 Å². The molecule has 0 radical (unpaired) electrons. The van der Waals surface area contributed by atoms with Crippen molar-refractivity contribution < 1.29 is 14.7 Å². The third-order valence-electron chi connectivity index (χ3n) is 1.67. The minimum absolute atomic E-state index is 0.509. The van der Waals surface area contributed by atoms with Crippen molar-refractivity contribution in [2.24, 2.45) is 10.5 Å². The van der Waals surface area contributed by atoms with Gasteiger partial charge >= 0.3 is 5.97 Å². The topological polar surface area (TPSA) is 70.0 Å². The molecule has 1 heterocycles. The van der Waals surface area contributed by atoms with Gasteiger partial charge in [-0.3, -0.25) is 9.59 Å². The van der Waals surface area contributed by atoms with E-state index in [1.807, 2.05) is 0 Å². The molecular weight excluding hydrogens is 148 g/mol. The number of carboxylic acid groups (broad SMARTS) is 1. The van der Waals surface area contributed by atoms with E-state index in [2.05, 4.69) is 5.10 Å². The van der Waals surface area contributed by atoms with Crippen LogP contribution in [0, 0.1) is 5.41 Å². The van der Waals surface area contributed by atoms with Crippen molar-refractivity contribution in [3.8, 4) is 0 Å². The first-order chi connectivity index (χ1) is 4.98. The predicted molar refractivity (Wildman–Crippen MR) is 37.0 cm³/mol. The highest BCUT2D eigenvalue weighted by molar-refractivity contribution is 6.17. The summed E-state index contributed by atoms with van der Waals surface area (Å²) in [7, 11) is 1.42. The number of carbonyl (C=O) groups excluding carboxylic acids is 1. The second-order valence-corrected chi connectivity index (χ2v) is 2.58. The van der Waals surface area contributed by atoms with Crippen molar-refractivity contribution >= 4 is 18.1 Å².